The second kappa shape index (κ2) is 11.1. The number of carbonyl (C=O) groups excluding carboxylic acids is 3. The van der Waals surface area contributed by atoms with Crippen molar-refractivity contribution in [2.45, 2.75) is 6.54 Å². The first-order valence-corrected chi connectivity index (χ1v) is 11.8. The molecule has 0 saturated heterocycles. The van der Waals surface area contributed by atoms with Crippen molar-refractivity contribution in [3.05, 3.63) is 87.5 Å². The molecule has 0 radical (unpaired) electrons. The molecule has 0 aliphatic carbocycles. The summed E-state index contributed by atoms with van der Waals surface area (Å²) < 4.78 is 11.3. The summed E-state index contributed by atoms with van der Waals surface area (Å²) in [7, 11) is 2.93. The molecule has 3 amide bonds. The number of amides is 3. The number of nitrogens with one attached hydrogen (secondary N) is 3. The molecule has 4 aromatic rings. The Bertz CT molecular complexity index is 1440. The molecule has 0 aliphatic heterocycles. The predicted octanol–water partition coefficient (Wildman–Crippen LogP) is 3.97. The summed E-state index contributed by atoms with van der Waals surface area (Å²) in [4.78, 5) is 42.1. The van der Waals surface area contributed by atoms with E-state index in [0.29, 0.717) is 23.2 Å². The Morgan fingerprint density at radius 2 is 1.67 bits per heavy atom. The van der Waals surface area contributed by atoms with Crippen LogP contribution in [-0.4, -0.2) is 36.9 Å². The SMILES string of the molecule is COc1ccc2c(Cl)c(C(=O)NNC(=O)c3ccc(C(=O)NCc4ccncc4)cc3OC)sc2c1. The quantitative estimate of drug-likeness (QED) is 0.315. The van der Waals surface area contributed by atoms with E-state index < -0.39 is 11.8 Å². The van der Waals surface area contributed by atoms with E-state index in [1.807, 2.05) is 0 Å². The number of methoxy groups -OCH3 is 2. The number of ether oxygens (including phenoxy) is 2. The summed E-state index contributed by atoms with van der Waals surface area (Å²) in [5.41, 5.74) is 6.08. The second-order valence-electron chi connectivity index (χ2n) is 7.47. The van der Waals surface area contributed by atoms with Crippen LogP contribution in [0.4, 0.5) is 0 Å². The van der Waals surface area contributed by atoms with Gasteiger partial charge in [-0.05, 0) is 54.1 Å². The summed E-state index contributed by atoms with van der Waals surface area (Å²) in [5, 5.41) is 3.79. The largest absolute Gasteiger partial charge is 0.497 e. The lowest BCUT2D eigenvalue weighted by atomic mass is 10.1. The number of aromatic nitrogens is 1. The Labute approximate surface area is 215 Å². The van der Waals surface area contributed by atoms with E-state index in [0.717, 1.165) is 10.3 Å². The van der Waals surface area contributed by atoms with Gasteiger partial charge in [0.25, 0.3) is 17.7 Å². The first kappa shape index (κ1) is 25.0. The van der Waals surface area contributed by atoms with Crippen LogP contribution in [0.2, 0.25) is 5.02 Å². The molecule has 184 valence electrons. The minimum absolute atomic E-state index is 0.135. The first-order chi connectivity index (χ1) is 17.4. The molecule has 9 nitrogen and oxygen atoms in total. The average Bonchev–Trinajstić information content (AvgIpc) is 3.25. The first-order valence-electron chi connectivity index (χ1n) is 10.6. The van der Waals surface area contributed by atoms with Gasteiger partial charge in [0.05, 0.1) is 24.8 Å². The van der Waals surface area contributed by atoms with Crippen LogP contribution in [0.5, 0.6) is 11.5 Å². The van der Waals surface area contributed by atoms with E-state index >= 15 is 0 Å². The molecular weight excluding hydrogens is 504 g/mol. The molecule has 0 fully saturated rings. The Hall–Kier alpha value is -4.15. The molecule has 0 spiro atoms. The van der Waals surface area contributed by atoms with Crippen molar-refractivity contribution < 1.29 is 23.9 Å². The van der Waals surface area contributed by atoms with Crippen LogP contribution in [0.1, 0.15) is 36.0 Å². The molecule has 0 saturated carbocycles. The Morgan fingerprint density at radius 1 is 0.917 bits per heavy atom. The molecular formula is C25H21ClN4O5S. The number of hydrazine groups is 1. The molecule has 2 aromatic heterocycles. The maximum atomic E-state index is 12.7. The van der Waals surface area contributed by atoms with Gasteiger partial charge in [0.15, 0.2) is 0 Å². The van der Waals surface area contributed by atoms with Gasteiger partial charge in [-0.3, -0.25) is 30.2 Å². The van der Waals surface area contributed by atoms with E-state index in [-0.39, 0.29) is 27.1 Å². The van der Waals surface area contributed by atoms with E-state index in [9.17, 15) is 14.4 Å². The smallest absolute Gasteiger partial charge is 0.281 e. The molecule has 0 bridgehead atoms. The van der Waals surface area contributed by atoms with Crippen LogP contribution in [0, 0.1) is 0 Å². The topological polar surface area (TPSA) is 119 Å². The summed E-state index contributed by atoms with van der Waals surface area (Å²) in [6, 6.07) is 13.3. The molecule has 11 heteroatoms. The third-order valence-corrected chi connectivity index (χ3v) is 6.90. The fraction of sp³-hybridized carbons (Fsp3) is 0.120. The molecule has 0 unspecified atom stereocenters. The van der Waals surface area contributed by atoms with Crippen molar-refractivity contribution in [2.24, 2.45) is 0 Å². The number of pyridine rings is 1. The van der Waals surface area contributed by atoms with Crippen LogP contribution in [0.3, 0.4) is 0 Å². The summed E-state index contributed by atoms with van der Waals surface area (Å²) >= 11 is 7.55. The lowest BCUT2D eigenvalue weighted by molar-refractivity contribution is 0.0847. The van der Waals surface area contributed by atoms with Crippen molar-refractivity contribution in [3.63, 3.8) is 0 Å². The van der Waals surface area contributed by atoms with Gasteiger partial charge in [0.2, 0.25) is 0 Å². The molecule has 2 aromatic carbocycles. The van der Waals surface area contributed by atoms with E-state index in [1.165, 1.54) is 36.6 Å². The fourth-order valence-corrected chi connectivity index (χ4v) is 4.80. The highest BCUT2D eigenvalue weighted by Gasteiger charge is 2.20. The van der Waals surface area contributed by atoms with Crippen LogP contribution in [0.25, 0.3) is 10.1 Å². The standard InChI is InChI=1S/C25H21ClN4O5S/c1-34-16-4-6-18-20(12-16)36-22(21(18)26)25(33)30-29-24(32)17-5-3-15(11-19(17)35-2)23(31)28-13-14-7-9-27-10-8-14/h3-12H,13H2,1-2H3,(H,28,31)(H,29,32)(H,30,33). The number of hydrogen-bond donors (Lipinski definition) is 3. The number of halogens is 1. The normalized spacial score (nSPS) is 10.5. The number of thiophene rings is 1. The maximum absolute atomic E-state index is 12.7. The number of nitrogens with zero attached hydrogens (tertiary/aromatic N) is 1. The van der Waals surface area contributed by atoms with Crippen LogP contribution < -0.4 is 25.6 Å². The van der Waals surface area contributed by atoms with Gasteiger partial charge in [-0.25, -0.2) is 0 Å². The van der Waals surface area contributed by atoms with Gasteiger partial charge in [0.1, 0.15) is 16.4 Å². The van der Waals surface area contributed by atoms with Gasteiger partial charge in [-0.2, -0.15) is 0 Å². The van der Waals surface area contributed by atoms with Crippen molar-refractivity contribution in [1.29, 1.82) is 0 Å². The molecule has 4 rings (SSSR count). The molecule has 0 aliphatic rings. The minimum Gasteiger partial charge on any atom is -0.497 e. The molecule has 36 heavy (non-hydrogen) atoms. The fourth-order valence-electron chi connectivity index (χ4n) is 3.36. The van der Waals surface area contributed by atoms with Crippen molar-refractivity contribution in [1.82, 2.24) is 21.2 Å². The van der Waals surface area contributed by atoms with Crippen LogP contribution in [0.15, 0.2) is 60.9 Å². The maximum Gasteiger partial charge on any atom is 0.281 e. The second-order valence-corrected chi connectivity index (χ2v) is 8.90. The summed E-state index contributed by atoms with van der Waals surface area (Å²) in [6.45, 7) is 0.324. The number of fused-ring (bicyclic) bond motifs is 1. The Kier molecular flexibility index (Phi) is 7.67. The zero-order valence-electron chi connectivity index (χ0n) is 19.3. The molecule has 0 atom stereocenters. The monoisotopic (exact) mass is 524 g/mol. The molecule has 2 heterocycles. The number of hydrogen-bond acceptors (Lipinski definition) is 7. The summed E-state index contributed by atoms with van der Waals surface area (Å²) in [5.74, 6) is -0.712. The van der Waals surface area contributed by atoms with E-state index in [4.69, 9.17) is 21.1 Å². The molecule has 3 N–H and O–H groups in total. The average molecular weight is 525 g/mol. The zero-order chi connectivity index (χ0) is 25.7. The third-order valence-electron chi connectivity index (χ3n) is 5.24. The Morgan fingerprint density at radius 3 is 2.39 bits per heavy atom. The highest BCUT2D eigenvalue weighted by molar-refractivity contribution is 7.21. The van der Waals surface area contributed by atoms with Gasteiger partial charge in [-0.1, -0.05) is 11.6 Å². The number of rotatable bonds is 7. The van der Waals surface area contributed by atoms with Crippen molar-refractivity contribution >= 4 is 50.7 Å². The van der Waals surface area contributed by atoms with Gasteiger partial charge in [0, 0.05) is 34.6 Å². The van der Waals surface area contributed by atoms with Crippen LogP contribution >= 0.6 is 22.9 Å². The van der Waals surface area contributed by atoms with E-state index in [2.05, 4.69) is 21.2 Å². The predicted molar refractivity (Wildman–Crippen MR) is 137 cm³/mol. The lowest BCUT2D eigenvalue weighted by Crippen LogP contribution is -2.41. The highest BCUT2D eigenvalue weighted by Crippen LogP contribution is 2.37. The highest BCUT2D eigenvalue weighted by atomic mass is 35.5. The number of benzene rings is 2. The minimum atomic E-state index is -0.622. The van der Waals surface area contributed by atoms with Crippen molar-refractivity contribution in [3.8, 4) is 11.5 Å². The Balaban J connectivity index is 1.42. The van der Waals surface area contributed by atoms with Gasteiger partial charge >= 0.3 is 0 Å². The summed E-state index contributed by atoms with van der Waals surface area (Å²) in [6.07, 6.45) is 3.28. The van der Waals surface area contributed by atoms with Gasteiger partial charge < -0.3 is 14.8 Å². The number of carbonyl (C=O) groups is 3. The third kappa shape index (κ3) is 5.40. The van der Waals surface area contributed by atoms with Crippen molar-refractivity contribution in [2.75, 3.05) is 14.2 Å². The van der Waals surface area contributed by atoms with Gasteiger partial charge in [-0.15, -0.1) is 11.3 Å². The lowest BCUT2D eigenvalue weighted by Gasteiger charge is -2.12. The zero-order valence-corrected chi connectivity index (χ0v) is 20.8. The van der Waals surface area contributed by atoms with E-state index in [1.54, 1.807) is 49.8 Å². The van der Waals surface area contributed by atoms with Crippen LogP contribution in [-0.2, 0) is 6.54 Å².